The maximum Gasteiger partial charge on any atom is 0.264 e. The average molecular weight is 477 g/mol. The Labute approximate surface area is 196 Å². The highest BCUT2D eigenvalue weighted by molar-refractivity contribution is 6.35. The van der Waals surface area contributed by atoms with Gasteiger partial charge in [0.15, 0.2) is 0 Å². The first kappa shape index (κ1) is 23.5. The molecule has 1 aromatic carbocycles. The van der Waals surface area contributed by atoms with Gasteiger partial charge in [-0.15, -0.1) is 0 Å². The minimum atomic E-state index is -0.367. The fraction of sp³-hybridized carbons (Fsp3) is 0.565. The van der Waals surface area contributed by atoms with Crippen LogP contribution in [0.2, 0.25) is 5.02 Å². The molecule has 0 radical (unpaired) electrons. The number of nitrogens with one attached hydrogen (secondary N) is 1. The predicted molar refractivity (Wildman–Crippen MR) is 125 cm³/mol. The van der Waals surface area contributed by atoms with Crippen molar-refractivity contribution in [1.29, 1.82) is 0 Å². The van der Waals surface area contributed by atoms with E-state index in [9.17, 15) is 19.5 Å². The van der Waals surface area contributed by atoms with Gasteiger partial charge < -0.3 is 14.7 Å². The Hall–Kier alpha value is -2.65. The van der Waals surface area contributed by atoms with Gasteiger partial charge in [0.25, 0.3) is 5.56 Å². The molecule has 2 amide bonds. The highest BCUT2D eigenvalue weighted by atomic mass is 35.5. The Morgan fingerprint density at radius 2 is 2.03 bits per heavy atom. The zero-order valence-corrected chi connectivity index (χ0v) is 19.3. The first-order valence-corrected chi connectivity index (χ1v) is 11.9. The number of fused-ring (bicyclic) bond motifs is 2. The number of aliphatic hydroxyl groups is 1. The molecule has 0 saturated heterocycles. The lowest BCUT2D eigenvalue weighted by Gasteiger charge is -2.34. The van der Waals surface area contributed by atoms with Gasteiger partial charge in [-0.3, -0.25) is 24.3 Å². The molecule has 2 heterocycles. The molecule has 0 spiro atoms. The van der Waals surface area contributed by atoms with E-state index in [1.54, 1.807) is 12.1 Å². The number of unbranched alkanes of at least 4 members (excludes halogenated alkanes) is 1. The molecule has 2 aromatic rings. The average Bonchev–Trinajstić information content (AvgIpc) is 3.18. The summed E-state index contributed by atoms with van der Waals surface area (Å²) in [6, 6.07) is 3.45. The third-order valence-electron chi connectivity index (χ3n) is 6.27. The van der Waals surface area contributed by atoms with Crippen LogP contribution in [0.4, 0.5) is 5.95 Å². The lowest BCUT2D eigenvalue weighted by atomic mass is 9.94. The number of aliphatic hydroxyl groups excluding tert-OH is 1. The molecule has 1 fully saturated rings. The second-order valence-corrected chi connectivity index (χ2v) is 8.99. The number of amides is 2. The van der Waals surface area contributed by atoms with Crippen LogP contribution in [0, 0.1) is 0 Å². The van der Waals surface area contributed by atoms with Crippen LogP contribution >= 0.6 is 11.6 Å². The third kappa shape index (κ3) is 5.30. The van der Waals surface area contributed by atoms with Gasteiger partial charge >= 0.3 is 0 Å². The Balaban J connectivity index is 1.32. The molecule has 1 aromatic heterocycles. The number of carbonyl (C=O) groups is 2. The molecule has 178 valence electrons. The van der Waals surface area contributed by atoms with Crippen molar-refractivity contribution in [2.75, 3.05) is 25.1 Å². The molecule has 2 aliphatic rings. The molecular weight excluding hydrogens is 448 g/mol. The minimum absolute atomic E-state index is 0.0153. The number of hydrogen-bond acceptors (Lipinski definition) is 6. The fourth-order valence-corrected chi connectivity index (χ4v) is 4.92. The van der Waals surface area contributed by atoms with Crippen molar-refractivity contribution >= 4 is 40.3 Å². The summed E-state index contributed by atoms with van der Waals surface area (Å²) in [4.78, 5) is 43.1. The third-order valence-corrected chi connectivity index (χ3v) is 6.57. The molecule has 0 bridgehead atoms. The molecule has 1 aliphatic heterocycles. The molecule has 9 nitrogen and oxygen atoms in total. The second-order valence-electron chi connectivity index (χ2n) is 8.58. The number of aromatic nitrogens is 2. The summed E-state index contributed by atoms with van der Waals surface area (Å²) in [7, 11) is 0. The van der Waals surface area contributed by atoms with E-state index in [-0.39, 0.29) is 52.9 Å². The molecule has 2 N–H and O–H groups in total. The second kappa shape index (κ2) is 10.5. The summed E-state index contributed by atoms with van der Waals surface area (Å²) in [5.41, 5.74) is -0.00735. The number of rotatable bonds is 9. The van der Waals surface area contributed by atoms with Crippen LogP contribution < -0.4 is 15.6 Å². The molecule has 0 unspecified atom stereocenters. The van der Waals surface area contributed by atoms with Crippen molar-refractivity contribution in [3.05, 3.63) is 27.5 Å². The van der Waals surface area contributed by atoms with Crippen molar-refractivity contribution < 1.29 is 19.4 Å². The van der Waals surface area contributed by atoms with Gasteiger partial charge in [-0.1, -0.05) is 30.9 Å². The number of ether oxygens (including phenoxy) is 1. The monoisotopic (exact) mass is 476 g/mol. The van der Waals surface area contributed by atoms with Crippen molar-refractivity contribution in [3.63, 3.8) is 0 Å². The first-order chi connectivity index (χ1) is 16.0. The molecule has 1 aliphatic carbocycles. The van der Waals surface area contributed by atoms with Gasteiger partial charge in [0.1, 0.15) is 12.3 Å². The number of benzene rings is 1. The van der Waals surface area contributed by atoms with E-state index < -0.39 is 0 Å². The predicted octanol–water partition coefficient (Wildman–Crippen LogP) is 2.70. The lowest BCUT2D eigenvalue weighted by molar-refractivity contribution is -0.135. The summed E-state index contributed by atoms with van der Waals surface area (Å²) in [5.74, 6) is 0.474. The van der Waals surface area contributed by atoms with Gasteiger partial charge in [-0.2, -0.15) is 0 Å². The van der Waals surface area contributed by atoms with E-state index in [0.717, 1.165) is 25.7 Å². The first-order valence-electron chi connectivity index (χ1n) is 11.5. The Bertz CT molecular complexity index is 1100. The van der Waals surface area contributed by atoms with Crippen molar-refractivity contribution in [3.8, 4) is 5.75 Å². The topological polar surface area (TPSA) is 114 Å². The van der Waals surface area contributed by atoms with Crippen LogP contribution in [0.3, 0.4) is 0 Å². The summed E-state index contributed by atoms with van der Waals surface area (Å²) in [5, 5.41) is 12.4. The van der Waals surface area contributed by atoms with Crippen molar-refractivity contribution in [2.45, 2.75) is 64.0 Å². The highest BCUT2D eigenvalue weighted by Gasteiger charge is 2.25. The van der Waals surface area contributed by atoms with E-state index in [1.165, 1.54) is 11.0 Å². The summed E-state index contributed by atoms with van der Waals surface area (Å²) in [6.07, 6.45) is 7.29. The Kier molecular flexibility index (Phi) is 7.49. The molecule has 33 heavy (non-hydrogen) atoms. The standard InChI is InChI=1S/C23H29ClN4O5/c24-17-12-16(13-18-21(17)22(32)28-14-19(30)26-23(28)25-18)33-11-5-4-8-20(31)27(9-10-29)15-6-2-1-3-7-15/h12-13,15,29H,1-11,14H2,(H,25,26,30). The zero-order chi connectivity index (χ0) is 23.4. The van der Waals surface area contributed by atoms with E-state index in [0.29, 0.717) is 43.7 Å². The van der Waals surface area contributed by atoms with E-state index >= 15 is 0 Å². The van der Waals surface area contributed by atoms with Crippen LogP contribution in [0.25, 0.3) is 10.9 Å². The molecule has 0 atom stereocenters. The van der Waals surface area contributed by atoms with Gasteiger partial charge in [0.2, 0.25) is 17.8 Å². The Morgan fingerprint density at radius 3 is 2.79 bits per heavy atom. The number of anilines is 1. The largest absolute Gasteiger partial charge is 0.493 e. The maximum absolute atomic E-state index is 12.7. The summed E-state index contributed by atoms with van der Waals surface area (Å²) < 4.78 is 7.06. The van der Waals surface area contributed by atoms with Gasteiger partial charge in [-0.05, 0) is 31.7 Å². The quantitative estimate of drug-likeness (QED) is 0.538. The molecular formula is C23H29ClN4O5. The normalized spacial score (nSPS) is 16.0. The SMILES string of the molecule is O=C1Cn2c(nc3cc(OCCCCC(=O)N(CCO)C4CCCCC4)cc(Cl)c3c2=O)N1. The van der Waals surface area contributed by atoms with Crippen LogP contribution in [-0.2, 0) is 16.1 Å². The van der Waals surface area contributed by atoms with Gasteiger partial charge in [0.05, 0.1) is 29.1 Å². The van der Waals surface area contributed by atoms with E-state index in [1.807, 2.05) is 4.90 Å². The van der Waals surface area contributed by atoms with Crippen LogP contribution in [-0.4, -0.2) is 57.2 Å². The van der Waals surface area contributed by atoms with Crippen molar-refractivity contribution in [1.82, 2.24) is 14.5 Å². The van der Waals surface area contributed by atoms with Gasteiger partial charge in [0, 0.05) is 25.1 Å². The Morgan fingerprint density at radius 1 is 1.24 bits per heavy atom. The maximum atomic E-state index is 12.7. The summed E-state index contributed by atoms with van der Waals surface area (Å²) >= 11 is 6.32. The van der Waals surface area contributed by atoms with E-state index in [2.05, 4.69) is 10.3 Å². The van der Waals surface area contributed by atoms with Crippen LogP contribution in [0.1, 0.15) is 51.4 Å². The zero-order valence-electron chi connectivity index (χ0n) is 18.5. The molecule has 1 saturated carbocycles. The number of halogens is 1. The van der Waals surface area contributed by atoms with Crippen molar-refractivity contribution in [2.24, 2.45) is 0 Å². The van der Waals surface area contributed by atoms with Gasteiger partial charge in [-0.25, -0.2) is 4.98 Å². The fourth-order valence-electron chi connectivity index (χ4n) is 4.63. The van der Waals surface area contributed by atoms with Crippen LogP contribution in [0.15, 0.2) is 16.9 Å². The highest BCUT2D eigenvalue weighted by Crippen LogP contribution is 2.28. The number of carbonyl (C=O) groups excluding carboxylic acids is 2. The van der Waals surface area contributed by atoms with Crippen LogP contribution in [0.5, 0.6) is 5.75 Å². The summed E-state index contributed by atoms with van der Waals surface area (Å²) in [6.45, 7) is 0.700. The number of nitrogens with zero attached hydrogens (tertiary/aromatic N) is 3. The number of hydrogen-bond donors (Lipinski definition) is 2. The molecule has 10 heteroatoms. The van der Waals surface area contributed by atoms with E-state index in [4.69, 9.17) is 16.3 Å². The minimum Gasteiger partial charge on any atom is -0.493 e. The lowest BCUT2D eigenvalue weighted by Crippen LogP contribution is -2.43. The molecule has 4 rings (SSSR count). The smallest absolute Gasteiger partial charge is 0.264 e.